The summed E-state index contributed by atoms with van der Waals surface area (Å²) in [5.74, 6) is 6.20. The fraction of sp³-hybridized carbons (Fsp3) is 0.781. The first-order valence-corrected chi connectivity index (χ1v) is 16.6. The summed E-state index contributed by atoms with van der Waals surface area (Å²) >= 11 is 1.28. The number of thioether (sulfide) groups is 1. The monoisotopic (exact) mass is 603 g/mol. The van der Waals surface area contributed by atoms with Crippen molar-refractivity contribution >= 4 is 29.7 Å². The molecule has 4 rings (SSSR count). The molecule has 2 heterocycles. The van der Waals surface area contributed by atoms with Crippen LogP contribution < -0.4 is 5.43 Å². The predicted octanol–water partition coefficient (Wildman–Crippen LogP) is 5.56. The van der Waals surface area contributed by atoms with E-state index in [1.807, 2.05) is 25.7 Å². The molecule has 0 aromatic rings. The van der Waals surface area contributed by atoms with Crippen molar-refractivity contribution in [3.8, 4) is 11.8 Å². The van der Waals surface area contributed by atoms with E-state index in [9.17, 15) is 19.5 Å². The highest BCUT2D eigenvalue weighted by Crippen LogP contribution is 2.43. The molecule has 2 amide bonds. The van der Waals surface area contributed by atoms with Crippen LogP contribution in [0.5, 0.6) is 0 Å². The molecule has 0 aromatic heterocycles. The lowest BCUT2D eigenvalue weighted by Crippen LogP contribution is -2.51. The van der Waals surface area contributed by atoms with E-state index in [0.717, 1.165) is 51.4 Å². The number of carboxylic acid groups (broad SMARTS) is 1. The minimum Gasteiger partial charge on any atom is -0.477 e. The first-order valence-electron chi connectivity index (χ1n) is 15.7. The molecule has 2 saturated carbocycles. The van der Waals surface area contributed by atoms with E-state index in [1.54, 1.807) is 7.05 Å². The van der Waals surface area contributed by atoms with Crippen LogP contribution in [0.2, 0.25) is 0 Å². The Bertz CT molecular complexity index is 1070. The van der Waals surface area contributed by atoms with Crippen LogP contribution in [0, 0.1) is 29.1 Å². The summed E-state index contributed by atoms with van der Waals surface area (Å²) in [5, 5.41) is 11.4. The number of hydrogen-bond donors (Lipinski definition) is 2. The van der Waals surface area contributed by atoms with Gasteiger partial charge in [0, 0.05) is 55.4 Å². The zero-order chi connectivity index (χ0) is 30.4. The number of amides is 2. The van der Waals surface area contributed by atoms with Gasteiger partial charge in [0.15, 0.2) is 0 Å². The highest BCUT2D eigenvalue weighted by atomic mass is 32.2. The number of carbonyl (C=O) groups is 3. The highest BCUT2D eigenvalue weighted by molar-refractivity contribution is 8.05. The van der Waals surface area contributed by atoms with Gasteiger partial charge in [-0.2, -0.15) is 0 Å². The van der Waals surface area contributed by atoms with Gasteiger partial charge in [0.1, 0.15) is 11.0 Å². The number of nitrogens with one attached hydrogen (secondary N) is 1. The first-order chi connectivity index (χ1) is 19.9. The van der Waals surface area contributed by atoms with E-state index in [-0.39, 0.29) is 45.6 Å². The number of carboxylic acids is 1. The van der Waals surface area contributed by atoms with E-state index >= 15 is 0 Å². The second-order valence-electron chi connectivity index (χ2n) is 13.5. The molecule has 2 aliphatic heterocycles. The SMILES string of the molecule is CC1CCC(C(=O)N(C2=C(C(=O)O)SC(C#CC(C)(C)C)C2)C2CCC(NN(C)C(=O)OC3CCOCC3)CC2)CC1. The Kier molecular flexibility index (Phi) is 11.3. The van der Waals surface area contributed by atoms with Gasteiger partial charge >= 0.3 is 12.1 Å². The van der Waals surface area contributed by atoms with Crippen LogP contribution in [0.4, 0.5) is 4.79 Å². The molecule has 234 valence electrons. The molecule has 0 radical (unpaired) electrons. The van der Waals surface area contributed by atoms with Gasteiger partial charge in [-0.1, -0.05) is 30.5 Å². The van der Waals surface area contributed by atoms with Gasteiger partial charge in [0.05, 0.1) is 18.5 Å². The molecule has 0 aromatic carbocycles. The van der Waals surface area contributed by atoms with Crippen molar-refractivity contribution < 1.29 is 29.0 Å². The van der Waals surface area contributed by atoms with Crippen molar-refractivity contribution in [2.75, 3.05) is 20.3 Å². The maximum atomic E-state index is 14.2. The Morgan fingerprint density at radius 1 is 1.00 bits per heavy atom. The van der Waals surface area contributed by atoms with Crippen molar-refractivity contribution in [3.05, 3.63) is 10.6 Å². The Balaban J connectivity index is 1.46. The number of aliphatic carboxylic acids is 1. The van der Waals surface area contributed by atoms with Gasteiger partial charge < -0.3 is 19.5 Å². The molecule has 1 atom stereocenters. The van der Waals surface area contributed by atoms with Crippen LogP contribution in [0.25, 0.3) is 0 Å². The summed E-state index contributed by atoms with van der Waals surface area (Å²) in [7, 11) is 1.69. The van der Waals surface area contributed by atoms with Gasteiger partial charge in [0.25, 0.3) is 0 Å². The number of nitrogens with zero attached hydrogens (tertiary/aromatic N) is 2. The fourth-order valence-electron chi connectivity index (χ4n) is 6.32. The van der Waals surface area contributed by atoms with Crippen LogP contribution in [-0.4, -0.2) is 76.7 Å². The Morgan fingerprint density at radius 3 is 2.24 bits per heavy atom. The molecule has 2 N–H and O–H groups in total. The molecule has 42 heavy (non-hydrogen) atoms. The number of hydrogen-bond acceptors (Lipinski definition) is 7. The third-order valence-corrected chi connectivity index (χ3v) is 9.96. The van der Waals surface area contributed by atoms with Gasteiger partial charge in [-0.15, -0.1) is 0 Å². The minimum atomic E-state index is -0.981. The van der Waals surface area contributed by atoms with E-state index in [2.05, 4.69) is 24.2 Å². The average Bonchev–Trinajstić information content (AvgIpc) is 3.38. The topological polar surface area (TPSA) is 108 Å². The summed E-state index contributed by atoms with van der Waals surface area (Å²) in [4.78, 5) is 41.4. The van der Waals surface area contributed by atoms with Gasteiger partial charge in [-0.3, -0.25) is 4.79 Å². The molecule has 4 aliphatic rings. The number of rotatable bonds is 7. The zero-order valence-electron chi connectivity index (χ0n) is 25.9. The highest BCUT2D eigenvalue weighted by Gasteiger charge is 2.41. The van der Waals surface area contributed by atoms with Crippen LogP contribution >= 0.6 is 11.8 Å². The Hall–Kier alpha value is -2.22. The summed E-state index contributed by atoms with van der Waals surface area (Å²) in [6, 6.07) is -0.00841. The quantitative estimate of drug-likeness (QED) is 0.288. The predicted molar refractivity (Wildman–Crippen MR) is 163 cm³/mol. The number of ether oxygens (including phenoxy) is 2. The molecule has 3 fully saturated rings. The summed E-state index contributed by atoms with van der Waals surface area (Å²) in [6.07, 6.45) is 8.11. The molecule has 2 aliphatic carbocycles. The average molecular weight is 604 g/mol. The van der Waals surface area contributed by atoms with Crippen molar-refractivity contribution in [3.63, 3.8) is 0 Å². The molecule has 10 heteroatoms. The molecule has 0 bridgehead atoms. The minimum absolute atomic E-state index is 0.0669. The summed E-state index contributed by atoms with van der Waals surface area (Å²) in [6.45, 7) is 9.58. The summed E-state index contributed by atoms with van der Waals surface area (Å²) < 4.78 is 11.0. The lowest BCUT2D eigenvalue weighted by atomic mass is 9.81. The van der Waals surface area contributed by atoms with Crippen LogP contribution in [-0.2, 0) is 19.1 Å². The molecular formula is C32H49N3O6S. The maximum absolute atomic E-state index is 14.2. The molecule has 1 saturated heterocycles. The van der Waals surface area contributed by atoms with Crippen LogP contribution in [0.1, 0.15) is 98.3 Å². The van der Waals surface area contributed by atoms with E-state index in [1.165, 1.54) is 16.8 Å². The zero-order valence-corrected chi connectivity index (χ0v) is 26.8. The largest absolute Gasteiger partial charge is 0.477 e. The number of hydrazine groups is 1. The van der Waals surface area contributed by atoms with Gasteiger partial charge in [-0.25, -0.2) is 20.0 Å². The number of carbonyl (C=O) groups excluding carboxylic acids is 2. The van der Waals surface area contributed by atoms with Crippen molar-refractivity contribution in [1.29, 1.82) is 0 Å². The number of allylic oxidation sites excluding steroid dienone is 1. The lowest BCUT2D eigenvalue weighted by molar-refractivity contribution is -0.137. The van der Waals surface area contributed by atoms with Crippen molar-refractivity contribution in [1.82, 2.24) is 15.3 Å². The van der Waals surface area contributed by atoms with E-state index < -0.39 is 12.1 Å². The standard InChI is InChI=1S/C32H49N3O6S/c1-21-6-8-22(9-7-21)29(36)35(27-20-26(14-17-32(2,3)4)42-28(27)30(37)38)24-12-10-23(11-13-24)33-34(5)31(39)41-25-15-18-40-19-16-25/h21-26,33H,6-13,15-16,18-20H2,1-5H3,(H,37,38). The first kappa shape index (κ1) is 32.7. The maximum Gasteiger partial charge on any atom is 0.424 e. The van der Waals surface area contributed by atoms with Gasteiger partial charge in [0.2, 0.25) is 5.91 Å². The third-order valence-electron chi connectivity index (χ3n) is 8.74. The van der Waals surface area contributed by atoms with Crippen molar-refractivity contribution in [2.24, 2.45) is 17.3 Å². The second kappa shape index (κ2) is 14.5. The normalized spacial score (nSPS) is 28.9. The molecule has 9 nitrogen and oxygen atoms in total. The Morgan fingerprint density at radius 2 is 1.64 bits per heavy atom. The second-order valence-corrected chi connectivity index (χ2v) is 14.7. The summed E-state index contributed by atoms with van der Waals surface area (Å²) in [5.41, 5.74) is 3.75. The third kappa shape index (κ3) is 8.90. The molecule has 1 unspecified atom stereocenters. The van der Waals surface area contributed by atoms with Crippen molar-refractivity contribution in [2.45, 2.75) is 122 Å². The smallest absolute Gasteiger partial charge is 0.424 e. The van der Waals surface area contributed by atoms with E-state index in [0.29, 0.717) is 44.1 Å². The van der Waals surface area contributed by atoms with Crippen LogP contribution in [0.15, 0.2) is 10.6 Å². The lowest BCUT2D eigenvalue weighted by Gasteiger charge is -2.41. The molecular weight excluding hydrogens is 554 g/mol. The molecule has 0 spiro atoms. The van der Waals surface area contributed by atoms with Crippen LogP contribution in [0.3, 0.4) is 0 Å². The Labute approximate surface area is 255 Å². The van der Waals surface area contributed by atoms with Gasteiger partial charge in [-0.05, 0) is 78.1 Å². The fourth-order valence-corrected chi connectivity index (χ4v) is 7.38. The van der Waals surface area contributed by atoms with E-state index in [4.69, 9.17) is 9.47 Å².